The van der Waals surface area contributed by atoms with E-state index in [0.29, 0.717) is 0 Å². The summed E-state index contributed by atoms with van der Waals surface area (Å²) in [7, 11) is 0. The van der Waals surface area contributed by atoms with Gasteiger partial charge in [-0.25, -0.2) is 0 Å². The lowest BCUT2D eigenvalue weighted by atomic mass is 10.3. The lowest BCUT2D eigenvalue weighted by molar-refractivity contribution is 1.39. The number of H-pyrrole nitrogens is 1. The quantitative estimate of drug-likeness (QED) is 0.748. The number of aromatic nitrogens is 1. The molecule has 2 heterocycles. The summed E-state index contributed by atoms with van der Waals surface area (Å²) in [6.07, 6.45) is 3.89. The fourth-order valence-electron chi connectivity index (χ4n) is 1.25. The van der Waals surface area contributed by atoms with Crippen LogP contribution in [0.1, 0.15) is 0 Å². The van der Waals surface area contributed by atoms with Crippen LogP contribution < -0.4 is 5.73 Å². The normalized spacial score (nSPS) is 10.5. The molecule has 0 fully saturated rings. The number of hydrogen-bond donors (Lipinski definition) is 2. The predicted octanol–water partition coefficient (Wildman–Crippen LogP) is 3.05. The van der Waals surface area contributed by atoms with Crippen LogP contribution in [0.3, 0.4) is 0 Å². The van der Waals surface area contributed by atoms with Crippen molar-refractivity contribution < 1.29 is 0 Å². The molecule has 13 heavy (non-hydrogen) atoms. The lowest BCUT2D eigenvalue weighted by Gasteiger charge is -1.98. The Balaban J connectivity index is 2.52. The Hall–Kier alpha value is -0.870. The summed E-state index contributed by atoms with van der Waals surface area (Å²) in [5.41, 5.74) is 7.78. The van der Waals surface area contributed by atoms with Crippen molar-refractivity contribution in [3.8, 4) is 10.6 Å². The molecule has 0 atom stereocenters. The summed E-state index contributed by atoms with van der Waals surface area (Å²) >= 11 is 3.40. The van der Waals surface area contributed by atoms with Gasteiger partial charge < -0.3 is 10.7 Å². The molecule has 2 aromatic heterocycles. The van der Waals surface area contributed by atoms with Crippen molar-refractivity contribution in [1.29, 1.82) is 0 Å². The first-order valence-electron chi connectivity index (χ1n) is 3.87. The first-order chi connectivity index (χ1) is 6.33. The second-order valence-electron chi connectivity index (χ2n) is 2.63. The highest BCUT2D eigenvalue weighted by Crippen LogP contribution is 2.35. The molecule has 0 aromatic carbocycles. The topological polar surface area (TPSA) is 41.8 Å². The molecule has 0 unspecified atom stereocenters. The third kappa shape index (κ3) is 1.47. The van der Waals surface area contributed by atoms with Gasteiger partial charge in [0.15, 0.2) is 0 Å². The standard InChI is InChI=1S/C9H10N2S2/c1-12-9-6(10)5-11-8(9)7-3-2-4-13-7/h2-5,11H,10H2,1H3. The average Bonchev–Trinajstić information content (AvgIpc) is 2.71. The van der Waals surface area contributed by atoms with Crippen molar-refractivity contribution in [3.05, 3.63) is 23.7 Å². The van der Waals surface area contributed by atoms with E-state index in [1.54, 1.807) is 23.1 Å². The first-order valence-corrected chi connectivity index (χ1v) is 5.98. The van der Waals surface area contributed by atoms with E-state index in [1.165, 1.54) is 4.88 Å². The number of anilines is 1. The van der Waals surface area contributed by atoms with Crippen molar-refractivity contribution in [2.24, 2.45) is 0 Å². The molecule has 0 saturated carbocycles. The van der Waals surface area contributed by atoms with Gasteiger partial charge in [-0.3, -0.25) is 0 Å². The van der Waals surface area contributed by atoms with Crippen LogP contribution >= 0.6 is 23.1 Å². The summed E-state index contributed by atoms with van der Waals surface area (Å²) < 4.78 is 0. The fraction of sp³-hybridized carbons (Fsp3) is 0.111. The van der Waals surface area contributed by atoms with Crippen LogP contribution in [0.2, 0.25) is 0 Å². The van der Waals surface area contributed by atoms with E-state index >= 15 is 0 Å². The molecule has 2 rings (SSSR count). The Morgan fingerprint density at radius 3 is 3.00 bits per heavy atom. The van der Waals surface area contributed by atoms with Crippen LogP contribution in [0.25, 0.3) is 10.6 Å². The molecule has 68 valence electrons. The number of rotatable bonds is 2. The van der Waals surface area contributed by atoms with Crippen LogP contribution in [0.4, 0.5) is 5.69 Å². The van der Waals surface area contributed by atoms with Gasteiger partial charge in [0.05, 0.1) is 21.2 Å². The fourth-order valence-corrected chi connectivity index (χ4v) is 2.72. The molecule has 0 aliphatic rings. The maximum atomic E-state index is 5.81. The van der Waals surface area contributed by atoms with Gasteiger partial charge in [-0.15, -0.1) is 23.1 Å². The molecule has 4 heteroatoms. The summed E-state index contributed by atoms with van der Waals surface area (Å²) in [6, 6.07) is 4.14. The molecule has 2 nitrogen and oxygen atoms in total. The number of nitrogens with one attached hydrogen (secondary N) is 1. The van der Waals surface area contributed by atoms with E-state index in [0.717, 1.165) is 16.3 Å². The Morgan fingerprint density at radius 1 is 1.54 bits per heavy atom. The molecule has 2 aromatic rings. The third-order valence-electron chi connectivity index (χ3n) is 1.83. The summed E-state index contributed by atoms with van der Waals surface area (Å²) in [5, 5.41) is 2.07. The zero-order valence-electron chi connectivity index (χ0n) is 7.20. The van der Waals surface area contributed by atoms with Gasteiger partial charge in [0.25, 0.3) is 0 Å². The van der Waals surface area contributed by atoms with E-state index in [4.69, 9.17) is 5.73 Å². The average molecular weight is 210 g/mol. The van der Waals surface area contributed by atoms with E-state index in [9.17, 15) is 0 Å². The molecule has 0 amide bonds. The molecule has 0 bridgehead atoms. The van der Waals surface area contributed by atoms with Crippen molar-refractivity contribution >= 4 is 28.8 Å². The number of aromatic amines is 1. The number of thiophene rings is 1. The molecular weight excluding hydrogens is 200 g/mol. The highest BCUT2D eigenvalue weighted by molar-refractivity contribution is 7.98. The Kier molecular flexibility index (Phi) is 2.33. The minimum Gasteiger partial charge on any atom is -0.397 e. The third-order valence-corrected chi connectivity index (χ3v) is 3.57. The second-order valence-corrected chi connectivity index (χ2v) is 4.39. The van der Waals surface area contributed by atoms with Gasteiger partial charge in [0.1, 0.15) is 0 Å². The van der Waals surface area contributed by atoms with Crippen molar-refractivity contribution in [2.45, 2.75) is 4.90 Å². The van der Waals surface area contributed by atoms with Gasteiger partial charge in [-0.1, -0.05) is 6.07 Å². The molecule has 0 radical (unpaired) electrons. The van der Waals surface area contributed by atoms with E-state index in [2.05, 4.69) is 16.4 Å². The number of thioether (sulfide) groups is 1. The Morgan fingerprint density at radius 2 is 2.38 bits per heavy atom. The Labute approximate surface area is 85.2 Å². The summed E-state index contributed by atoms with van der Waals surface area (Å²) in [6.45, 7) is 0. The molecule has 0 aliphatic heterocycles. The highest BCUT2D eigenvalue weighted by Gasteiger charge is 2.09. The van der Waals surface area contributed by atoms with Crippen LogP contribution in [-0.4, -0.2) is 11.2 Å². The lowest BCUT2D eigenvalue weighted by Crippen LogP contribution is -1.82. The zero-order chi connectivity index (χ0) is 9.26. The number of hydrogen-bond acceptors (Lipinski definition) is 3. The summed E-state index contributed by atoms with van der Waals surface area (Å²) in [5.74, 6) is 0. The Bertz CT molecular complexity index is 390. The van der Waals surface area contributed by atoms with Crippen molar-refractivity contribution in [2.75, 3.05) is 12.0 Å². The van der Waals surface area contributed by atoms with Gasteiger partial charge in [-0.2, -0.15) is 0 Å². The molecular formula is C9H10N2S2. The van der Waals surface area contributed by atoms with Gasteiger partial charge in [0.2, 0.25) is 0 Å². The zero-order valence-corrected chi connectivity index (χ0v) is 8.84. The van der Waals surface area contributed by atoms with Crippen LogP contribution in [0.15, 0.2) is 28.6 Å². The minimum atomic E-state index is 0.830. The van der Waals surface area contributed by atoms with Crippen molar-refractivity contribution in [1.82, 2.24) is 4.98 Å². The van der Waals surface area contributed by atoms with Crippen LogP contribution in [-0.2, 0) is 0 Å². The second kappa shape index (κ2) is 3.47. The molecule has 0 spiro atoms. The van der Waals surface area contributed by atoms with E-state index < -0.39 is 0 Å². The smallest absolute Gasteiger partial charge is 0.0715 e. The molecule has 0 aliphatic carbocycles. The van der Waals surface area contributed by atoms with Crippen LogP contribution in [0, 0.1) is 0 Å². The van der Waals surface area contributed by atoms with E-state index in [1.807, 2.05) is 18.5 Å². The van der Waals surface area contributed by atoms with Gasteiger partial charge >= 0.3 is 0 Å². The summed E-state index contributed by atoms with van der Waals surface area (Å²) in [4.78, 5) is 5.57. The largest absolute Gasteiger partial charge is 0.397 e. The highest BCUT2D eigenvalue weighted by atomic mass is 32.2. The van der Waals surface area contributed by atoms with Gasteiger partial charge in [0, 0.05) is 6.20 Å². The SMILES string of the molecule is CSc1c(N)c[nH]c1-c1cccs1. The number of nitrogens with two attached hydrogens (primary N) is 1. The molecule has 0 saturated heterocycles. The van der Waals surface area contributed by atoms with E-state index in [-0.39, 0.29) is 0 Å². The number of nitrogen functional groups attached to an aromatic ring is 1. The van der Waals surface area contributed by atoms with Crippen molar-refractivity contribution in [3.63, 3.8) is 0 Å². The van der Waals surface area contributed by atoms with Gasteiger partial charge in [-0.05, 0) is 17.7 Å². The first kappa shape index (κ1) is 8.72. The molecule has 3 N–H and O–H groups in total. The maximum Gasteiger partial charge on any atom is 0.0715 e. The monoisotopic (exact) mass is 210 g/mol. The predicted molar refractivity (Wildman–Crippen MR) is 60.3 cm³/mol. The minimum absolute atomic E-state index is 0.830. The van der Waals surface area contributed by atoms with Crippen LogP contribution in [0.5, 0.6) is 0 Å². The maximum absolute atomic E-state index is 5.81.